The van der Waals surface area contributed by atoms with Gasteiger partial charge in [-0.3, -0.25) is 9.59 Å². The third kappa shape index (κ3) is 2.41. The molecule has 2 fully saturated rings. The first kappa shape index (κ1) is 14.0. The Morgan fingerprint density at radius 3 is 2.81 bits per heavy atom. The molecule has 112 valence electrons. The molecule has 2 aliphatic rings. The summed E-state index contributed by atoms with van der Waals surface area (Å²) in [5.41, 5.74) is 1.04. The molecule has 0 bridgehead atoms. The van der Waals surface area contributed by atoms with Crippen LogP contribution in [0.3, 0.4) is 0 Å². The van der Waals surface area contributed by atoms with E-state index in [-0.39, 0.29) is 23.7 Å². The number of amides is 2. The highest BCUT2D eigenvalue weighted by Gasteiger charge is 2.38. The SMILES string of the molecule is Cc1c(F)cccc1N1CCC(=O)N2CCCCC2C1=O. The van der Waals surface area contributed by atoms with Crippen molar-refractivity contribution in [3.63, 3.8) is 0 Å². The molecule has 5 heteroatoms. The molecule has 1 aromatic rings. The smallest absolute Gasteiger partial charge is 0.249 e. The summed E-state index contributed by atoms with van der Waals surface area (Å²) >= 11 is 0. The van der Waals surface area contributed by atoms with Crippen molar-refractivity contribution >= 4 is 17.5 Å². The van der Waals surface area contributed by atoms with Gasteiger partial charge in [0.15, 0.2) is 0 Å². The van der Waals surface area contributed by atoms with Gasteiger partial charge >= 0.3 is 0 Å². The lowest BCUT2D eigenvalue weighted by molar-refractivity contribution is -0.138. The molecular formula is C16H19FN2O2. The zero-order chi connectivity index (χ0) is 15.0. The molecule has 1 unspecified atom stereocenters. The van der Waals surface area contributed by atoms with Gasteiger partial charge in [0.1, 0.15) is 11.9 Å². The van der Waals surface area contributed by atoms with Crippen LogP contribution in [0.25, 0.3) is 0 Å². The topological polar surface area (TPSA) is 40.6 Å². The van der Waals surface area contributed by atoms with Gasteiger partial charge in [0, 0.05) is 30.8 Å². The lowest BCUT2D eigenvalue weighted by atomic mass is 10.0. The average Bonchev–Trinajstić information content (AvgIpc) is 2.62. The molecule has 0 aromatic heterocycles. The molecule has 0 aliphatic carbocycles. The summed E-state index contributed by atoms with van der Waals surface area (Å²) < 4.78 is 13.8. The number of fused-ring (bicyclic) bond motifs is 1. The first-order valence-corrected chi connectivity index (χ1v) is 7.45. The minimum Gasteiger partial charge on any atom is -0.331 e. The van der Waals surface area contributed by atoms with Crippen molar-refractivity contribution in [2.45, 2.75) is 38.6 Å². The molecule has 0 radical (unpaired) electrons. The van der Waals surface area contributed by atoms with Crippen molar-refractivity contribution in [2.75, 3.05) is 18.0 Å². The van der Waals surface area contributed by atoms with Crippen molar-refractivity contribution in [2.24, 2.45) is 0 Å². The Bertz CT molecular complexity index is 588. The molecule has 0 spiro atoms. The molecule has 4 nitrogen and oxygen atoms in total. The van der Waals surface area contributed by atoms with Gasteiger partial charge < -0.3 is 9.80 Å². The fourth-order valence-corrected chi connectivity index (χ4v) is 3.26. The lowest BCUT2D eigenvalue weighted by Gasteiger charge is -2.34. The first-order valence-electron chi connectivity index (χ1n) is 7.45. The van der Waals surface area contributed by atoms with Crippen LogP contribution >= 0.6 is 0 Å². The first-order chi connectivity index (χ1) is 10.1. The summed E-state index contributed by atoms with van der Waals surface area (Å²) in [7, 11) is 0. The van der Waals surface area contributed by atoms with E-state index in [1.807, 2.05) is 0 Å². The maximum Gasteiger partial charge on any atom is 0.249 e. The van der Waals surface area contributed by atoms with E-state index >= 15 is 0 Å². The fourth-order valence-electron chi connectivity index (χ4n) is 3.26. The molecular weight excluding hydrogens is 271 g/mol. The zero-order valence-corrected chi connectivity index (χ0v) is 12.1. The van der Waals surface area contributed by atoms with Crippen molar-refractivity contribution in [3.05, 3.63) is 29.6 Å². The Morgan fingerprint density at radius 2 is 2.00 bits per heavy atom. The summed E-state index contributed by atoms with van der Waals surface area (Å²) in [4.78, 5) is 28.3. The van der Waals surface area contributed by atoms with Crippen molar-refractivity contribution < 1.29 is 14.0 Å². The maximum atomic E-state index is 13.8. The highest BCUT2D eigenvalue weighted by atomic mass is 19.1. The Kier molecular flexibility index (Phi) is 3.66. The Morgan fingerprint density at radius 1 is 1.19 bits per heavy atom. The Balaban J connectivity index is 1.97. The molecule has 0 saturated carbocycles. The lowest BCUT2D eigenvalue weighted by Crippen LogP contribution is -2.50. The van der Waals surface area contributed by atoms with Crippen LogP contribution in [0, 0.1) is 12.7 Å². The number of hydrogen-bond acceptors (Lipinski definition) is 2. The highest BCUT2D eigenvalue weighted by molar-refractivity contribution is 6.01. The van der Waals surface area contributed by atoms with Crippen LogP contribution < -0.4 is 4.90 Å². The van der Waals surface area contributed by atoms with Crippen LogP contribution in [0.5, 0.6) is 0 Å². The standard InChI is InChI=1S/C16H19FN2O2/c1-11-12(17)5-4-7-13(11)19-10-8-15(20)18-9-3-2-6-14(18)16(19)21/h4-5,7,14H,2-3,6,8-10H2,1H3. The van der Waals surface area contributed by atoms with Crippen LogP contribution in [0.15, 0.2) is 18.2 Å². The predicted molar refractivity (Wildman–Crippen MR) is 77.5 cm³/mol. The quantitative estimate of drug-likeness (QED) is 0.796. The number of carbonyl (C=O) groups excluding carboxylic acids is 2. The molecule has 2 aliphatic heterocycles. The van der Waals surface area contributed by atoms with Gasteiger partial charge in [-0.25, -0.2) is 4.39 Å². The summed E-state index contributed by atoms with van der Waals surface area (Å²) in [6.07, 6.45) is 2.91. The second kappa shape index (κ2) is 5.47. The Labute approximate surface area is 123 Å². The van der Waals surface area contributed by atoms with Gasteiger partial charge in [0.05, 0.1) is 0 Å². The fraction of sp³-hybridized carbons (Fsp3) is 0.500. The van der Waals surface area contributed by atoms with E-state index in [1.165, 1.54) is 6.07 Å². The molecule has 2 heterocycles. The van der Waals surface area contributed by atoms with Crippen LogP contribution in [0.1, 0.15) is 31.2 Å². The zero-order valence-electron chi connectivity index (χ0n) is 12.1. The molecule has 0 N–H and O–H groups in total. The van der Waals surface area contributed by atoms with E-state index in [9.17, 15) is 14.0 Å². The van der Waals surface area contributed by atoms with Gasteiger partial charge in [-0.1, -0.05) is 6.07 Å². The molecule has 2 saturated heterocycles. The van der Waals surface area contributed by atoms with Gasteiger partial charge in [0.2, 0.25) is 11.8 Å². The van der Waals surface area contributed by atoms with Crippen LogP contribution in [-0.2, 0) is 9.59 Å². The number of rotatable bonds is 1. The number of nitrogens with zero attached hydrogens (tertiary/aromatic N) is 2. The van der Waals surface area contributed by atoms with E-state index in [2.05, 4.69) is 0 Å². The Hall–Kier alpha value is -1.91. The summed E-state index contributed by atoms with van der Waals surface area (Å²) in [5.74, 6) is -0.366. The number of benzene rings is 1. The molecule has 2 amide bonds. The van der Waals surface area contributed by atoms with E-state index in [4.69, 9.17) is 0 Å². The number of piperidine rings is 1. The third-order valence-electron chi connectivity index (χ3n) is 4.45. The van der Waals surface area contributed by atoms with Crippen LogP contribution in [-0.4, -0.2) is 35.8 Å². The van der Waals surface area contributed by atoms with Gasteiger partial charge in [-0.05, 0) is 38.3 Å². The van der Waals surface area contributed by atoms with Crippen LogP contribution in [0.2, 0.25) is 0 Å². The van der Waals surface area contributed by atoms with Gasteiger partial charge in [0.25, 0.3) is 0 Å². The minimum absolute atomic E-state index is 0.0320. The average molecular weight is 290 g/mol. The van der Waals surface area contributed by atoms with E-state index in [0.29, 0.717) is 37.2 Å². The predicted octanol–water partition coefficient (Wildman–Crippen LogP) is 2.25. The number of hydrogen-bond donors (Lipinski definition) is 0. The normalized spacial score (nSPS) is 23.0. The van der Waals surface area contributed by atoms with E-state index < -0.39 is 0 Å². The molecule has 21 heavy (non-hydrogen) atoms. The molecule has 1 atom stereocenters. The van der Waals surface area contributed by atoms with Gasteiger partial charge in [-0.15, -0.1) is 0 Å². The van der Waals surface area contributed by atoms with Crippen molar-refractivity contribution in [1.29, 1.82) is 0 Å². The monoisotopic (exact) mass is 290 g/mol. The second-order valence-electron chi connectivity index (χ2n) is 5.72. The minimum atomic E-state index is -0.378. The number of anilines is 1. The summed E-state index contributed by atoms with van der Waals surface area (Å²) in [6, 6.07) is 4.37. The summed E-state index contributed by atoms with van der Waals surface area (Å²) in [6.45, 7) is 2.66. The second-order valence-corrected chi connectivity index (χ2v) is 5.72. The van der Waals surface area contributed by atoms with Crippen molar-refractivity contribution in [1.82, 2.24) is 4.90 Å². The number of halogens is 1. The van der Waals surface area contributed by atoms with E-state index in [0.717, 1.165) is 12.8 Å². The van der Waals surface area contributed by atoms with Crippen LogP contribution in [0.4, 0.5) is 10.1 Å². The highest BCUT2D eigenvalue weighted by Crippen LogP contribution is 2.29. The third-order valence-corrected chi connectivity index (χ3v) is 4.45. The van der Waals surface area contributed by atoms with Crippen molar-refractivity contribution in [3.8, 4) is 0 Å². The largest absolute Gasteiger partial charge is 0.331 e. The maximum absolute atomic E-state index is 13.8. The molecule has 1 aromatic carbocycles. The summed E-state index contributed by atoms with van der Waals surface area (Å²) in [5, 5.41) is 0. The van der Waals surface area contributed by atoms with Gasteiger partial charge in [-0.2, -0.15) is 0 Å². The van der Waals surface area contributed by atoms with E-state index in [1.54, 1.807) is 28.9 Å². The number of carbonyl (C=O) groups is 2. The molecule has 3 rings (SSSR count).